The number of nitrogens with one attached hydrogen (secondary N) is 1. The number of aryl methyl sites for hydroxylation is 1. The number of benzene rings is 1. The van der Waals surface area contributed by atoms with Crippen molar-refractivity contribution in [3.63, 3.8) is 0 Å². The summed E-state index contributed by atoms with van der Waals surface area (Å²) in [6, 6.07) is 7.11. The molecular formula is C18H27NO2. The van der Waals surface area contributed by atoms with Gasteiger partial charge in [-0.25, -0.2) is 0 Å². The van der Waals surface area contributed by atoms with Crippen LogP contribution in [0.2, 0.25) is 0 Å². The molecule has 1 aliphatic carbocycles. The molecule has 0 amide bonds. The highest BCUT2D eigenvalue weighted by Crippen LogP contribution is 2.33. The molecule has 116 valence electrons. The second-order valence-electron chi connectivity index (χ2n) is 6.36. The van der Waals surface area contributed by atoms with E-state index in [0.29, 0.717) is 18.8 Å². The van der Waals surface area contributed by atoms with Crippen LogP contribution in [-0.4, -0.2) is 25.4 Å². The van der Waals surface area contributed by atoms with E-state index in [9.17, 15) is 0 Å². The first-order chi connectivity index (χ1) is 10.3. The summed E-state index contributed by atoms with van der Waals surface area (Å²) in [6.07, 6.45) is 6.49. The molecule has 21 heavy (non-hydrogen) atoms. The summed E-state index contributed by atoms with van der Waals surface area (Å²) in [5.74, 6) is 0.994. The Bertz CT molecular complexity index is 474. The van der Waals surface area contributed by atoms with Crippen LogP contribution in [-0.2, 0) is 11.2 Å². The number of rotatable bonds is 6. The van der Waals surface area contributed by atoms with E-state index in [0.717, 1.165) is 31.6 Å². The van der Waals surface area contributed by atoms with Crippen LogP contribution in [0.4, 0.5) is 0 Å². The molecule has 3 heteroatoms. The van der Waals surface area contributed by atoms with Gasteiger partial charge in [-0.3, -0.25) is 0 Å². The number of fused-ring (bicyclic) bond motifs is 1. The zero-order valence-electron chi connectivity index (χ0n) is 13.2. The summed E-state index contributed by atoms with van der Waals surface area (Å²) >= 11 is 0. The smallest absolute Gasteiger partial charge is 0.119 e. The lowest BCUT2D eigenvalue weighted by Crippen LogP contribution is -2.20. The number of hydrogen-bond donors (Lipinski definition) is 1. The predicted octanol–water partition coefficient (Wildman–Crippen LogP) is 3.62. The van der Waals surface area contributed by atoms with Gasteiger partial charge in [-0.2, -0.15) is 0 Å². The summed E-state index contributed by atoms with van der Waals surface area (Å²) in [7, 11) is 0. The van der Waals surface area contributed by atoms with Gasteiger partial charge < -0.3 is 14.8 Å². The highest BCUT2D eigenvalue weighted by molar-refractivity contribution is 5.40. The average molecular weight is 289 g/mol. The van der Waals surface area contributed by atoms with E-state index in [1.807, 2.05) is 0 Å². The molecule has 3 atom stereocenters. The van der Waals surface area contributed by atoms with Crippen molar-refractivity contribution >= 4 is 0 Å². The minimum atomic E-state index is 0.271. The zero-order chi connectivity index (χ0) is 14.7. The second kappa shape index (κ2) is 6.80. The first kappa shape index (κ1) is 14.9. The first-order valence-corrected chi connectivity index (χ1v) is 8.40. The second-order valence-corrected chi connectivity index (χ2v) is 6.36. The van der Waals surface area contributed by atoms with E-state index >= 15 is 0 Å². The summed E-state index contributed by atoms with van der Waals surface area (Å²) < 4.78 is 11.7. The van der Waals surface area contributed by atoms with Gasteiger partial charge in [0.25, 0.3) is 0 Å². The molecule has 1 aromatic carbocycles. The van der Waals surface area contributed by atoms with Crippen molar-refractivity contribution in [1.29, 1.82) is 0 Å². The van der Waals surface area contributed by atoms with Crippen LogP contribution < -0.4 is 10.1 Å². The summed E-state index contributed by atoms with van der Waals surface area (Å²) in [5, 5.41) is 3.63. The third kappa shape index (κ3) is 3.58. The van der Waals surface area contributed by atoms with Gasteiger partial charge in [0.1, 0.15) is 12.4 Å². The third-order valence-electron chi connectivity index (χ3n) is 4.59. The van der Waals surface area contributed by atoms with E-state index in [1.54, 1.807) is 0 Å². The maximum Gasteiger partial charge on any atom is 0.119 e. The number of ether oxygens (including phenoxy) is 2. The Balaban J connectivity index is 1.56. The van der Waals surface area contributed by atoms with Gasteiger partial charge in [-0.05, 0) is 68.8 Å². The molecule has 1 aromatic rings. The van der Waals surface area contributed by atoms with Crippen molar-refractivity contribution in [2.24, 2.45) is 0 Å². The van der Waals surface area contributed by atoms with E-state index in [2.05, 4.69) is 37.4 Å². The monoisotopic (exact) mass is 289 g/mol. The summed E-state index contributed by atoms with van der Waals surface area (Å²) in [6.45, 7) is 6.13. The summed E-state index contributed by atoms with van der Waals surface area (Å²) in [5.41, 5.74) is 2.91. The molecule has 3 rings (SSSR count). The van der Waals surface area contributed by atoms with Gasteiger partial charge in [0.2, 0.25) is 0 Å². The topological polar surface area (TPSA) is 30.5 Å². The van der Waals surface area contributed by atoms with Crippen LogP contribution in [0.15, 0.2) is 18.2 Å². The van der Waals surface area contributed by atoms with Crippen molar-refractivity contribution in [3.05, 3.63) is 29.3 Å². The lowest BCUT2D eigenvalue weighted by Gasteiger charge is -2.15. The van der Waals surface area contributed by atoms with E-state index in [-0.39, 0.29) is 6.10 Å². The van der Waals surface area contributed by atoms with Gasteiger partial charge in [0.05, 0.1) is 12.2 Å². The zero-order valence-corrected chi connectivity index (χ0v) is 13.2. The van der Waals surface area contributed by atoms with E-state index in [1.165, 1.54) is 24.0 Å². The van der Waals surface area contributed by atoms with E-state index in [4.69, 9.17) is 9.47 Å². The molecule has 1 heterocycles. The van der Waals surface area contributed by atoms with Crippen molar-refractivity contribution in [2.45, 2.75) is 64.2 Å². The molecule has 1 fully saturated rings. The van der Waals surface area contributed by atoms with Crippen LogP contribution in [0.3, 0.4) is 0 Å². The largest absolute Gasteiger partial charge is 0.491 e. The average Bonchev–Trinajstić information content (AvgIpc) is 3.09. The van der Waals surface area contributed by atoms with Gasteiger partial charge in [0, 0.05) is 6.04 Å². The molecule has 3 unspecified atom stereocenters. The first-order valence-electron chi connectivity index (χ1n) is 8.40. The van der Waals surface area contributed by atoms with Gasteiger partial charge in [-0.1, -0.05) is 13.0 Å². The Morgan fingerprint density at radius 1 is 1.29 bits per heavy atom. The Morgan fingerprint density at radius 2 is 2.19 bits per heavy atom. The maximum atomic E-state index is 5.93. The lowest BCUT2D eigenvalue weighted by molar-refractivity contribution is 0.0264. The molecular weight excluding hydrogens is 262 g/mol. The Hall–Kier alpha value is -1.06. The molecule has 0 bridgehead atoms. The molecule has 0 aromatic heterocycles. The van der Waals surface area contributed by atoms with Gasteiger partial charge in [-0.15, -0.1) is 0 Å². The molecule has 1 aliphatic heterocycles. The van der Waals surface area contributed by atoms with E-state index < -0.39 is 0 Å². The third-order valence-corrected chi connectivity index (χ3v) is 4.59. The fraction of sp³-hybridized carbons (Fsp3) is 0.667. The Morgan fingerprint density at radius 3 is 2.95 bits per heavy atom. The van der Waals surface area contributed by atoms with Crippen molar-refractivity contribution in [3.8, 4) is 5.75 Å². The van der Waals surface area contributed by atoms with Crippen molar-refractivity contribution < 1.29 is 9.47 Å². The minimum Gasteiger partial charge on any atom is -0.491 e. The molecule has 0 spiro atoms. The van der Waals surface area contributed by atoms with Crippen LogP contribution in [0.1, 0.15) is 56.7 Å². The predicted molar refractivity (Wildman–Crippen MR) is 84.9 cm³/mol. The molecule has 1 saturated heterocycles. The molecule has 2 aliphatic rings. The van der Waals surface area contributed by atoms with Gasteiger partial charge in [0.15, 0.2) is 0 Å². The van der Waals surface area contributed by atoms with Crippen molar-refractivity contribution in [2.75, 3.05) is 13.2 Å². The number of hydrogen-bond acceptors (Lipinski definition) is 3. The fourth-order valence-corrected chi connectivity index (χ4v) is 3.41. The molecule has 0 saturated carbocycles. The van der Waals surface area contributed by atoms with Crippen LogP contribution >= 0.6 is 0 Å². The lowest BCUT2D eigenvalue weighted by atomic mass is 10.1. The standard InChI is InChI=1S/C18H27NO2/c1-3-10-19-18-9-5-14-11-15(7-8-17(14)18)20-12-16-6-4-13(2)21-16/h7-8,11,13,16,18-19H,3-6,9-10,12H2,1-2H3. The van der Waals surface area contributed by atoms with Crippen LogP contribution in [0.25, 0.3) is 0 Å². The van der Waals surface area contributed by atoms with Crippen LogP contribution in [0.5, 0.6) is 5.75 Å². The minimum absolute atomic E-state index is 0.271. The highest BCUT2D eigenvalue weighted by Gasteiger charge is 2.24. The highest BCUT2D eigenvalue weighted by atomic mass is 16.5. The normalized spacial score (nSPS) is 27.8. The SMILES string of the molecule is CCCNC1CCc2cc(OCC3CCC(C)O3)ccc21. The summed E-state index contributed by atoms with van der Waals surface area (Å²) in [4.78, 5) is 0. The van der Waals surface area contributed by atoms with Crippen LogP contribution in [0, 0.1) is 0 Å². The Kier molecular flexibility index (Phi) is 4.81. The molecule has 3 nitrogen and oxygen atoms in total. The maximum absolute atomic E-state index is 5.93. The van der Waals surface area contributed by atoms with Crippen molar-refractivity contribution in [1.82, 2.24) is 5.32 Å². The van der Waals surface area contributed by atoms with Gasteiger partial charge >= 0.3 is 0 Å². The fourth-order valence-electron chi connectivity index (χ4n) is 3.41. The molecule has 0 radical (unpaired) electrons. The Labute approximate surface area is 128 Å². The molecule has 1 N–H and O–H groups in total. The quantitative estimate of drug-likeness (QED) is 0.867.